The van der Waals surface area contributed by atoms with E-state index in [1.54, 1.807) is 4.90 Å². The van der Waals surface area contributed by atoms with Crippen LogP contribution in [0, 0.1) is 0 Å². The molecule has 0 saturated carbocycles. The topological polar surface area (TPSA) is 29.0 Å². The molecule has 0 radical (unpaired) electrons. The third-order valence-corrected chi connectivity index (χ3v) is 3.20. The summed E-state index contributed by atoms with van der Waals surface area (Å²) < 4.78 is 25.6. The van der Waals surface area contributed by atoms with E-state index in [1.807, 2.05) is 0 Å². The molecule has 2 aliphatic rings. The molecule has 3 nitrogen and oxygen atoms in total. The second kappa shape index (κ2) is 3.26. The Bertz CT molecular complexity index is 442. The van der Waals surface area contributed by atoms with Crippen molar-refractivity contribution in [2.24, 2.45) is 0 Å². The summed E-state index contributed by atoms with van der Waals surface area (Å²) in [6.07, 6.45) is 2.74. The molecule has 6 heteroatoms. The van der Waals surface area contributed by atoms with Gasteiger partial charge in [-0.15, -0.1) is 0 Å². The Kier molecular flexibility index (Phi) is 2.08. The number of fused-ring (bicyclic) bond motifs is 1. The van der Waals surface area contributed by atoms with E-state index >= 15 is 0 Å². The predicted octanol–water partition coefficient (Wildman–Crippen LogP) is 2.07. The Labute approximate surface area is 96.4 Å². The lowest BCUT2D eigenvalue weighted by atomic mass is 10.1. The lowest BCUT2D eigenvalue weighted by molar-refractivity contribution is -0.0267. The van der Waals surface area contributed by atoms with Crippen molar-refractivity contribution in [1.82, 2.24) is 9.97 Å². The van der Waals surface area contributed by atoms with Gasteiger partial charge in [0.05, 0.1) is 18.8 Å². The molecule has 1 aliphatic heterocycles. The van der Waals surface area contributed by atoms with Gasteiger partial charge in [-0.25, -0.2) is 18.7 Å². The fourth-order valence-electron chi connectivity index (χ4n) is 2.31. The summed E-state index contributed by atoms with van der Waals surface area (Å²) in [5, 5.41) is 0.158. The van der Waals surface area contributed by atoms with Crippen LogP contribution in [-0.2, 0) is 12.8 Å². The van der Waals surface area contributed by atoms with E-state index in [0.29, 0.717) is 5.82 Å². The SMILES string of the molecule is FC1(F)CN(c2nc(Cl)nc3c2CCC3)C1. The zero-order valence-corrected chi connectivity index (χ0v) is 9.27. The summed E-state index contributed by atoms with van der Waals surface area (Å²) in [7, 11) is 0. The molecule has 1 aromatic rings. The fourth-order valence-corrected chi connectivity index (χ4v) is 2.49. The van der Waals surface area contributed by atoms with Crippen molar-refractivity contribution in [3.8, 4) is 0 Å². The first-order valence-corrected chi connectivity index (χ1v) is 5.61. The number of halogens is 3. The molecule has 0 spiro atoms. The standard InChI is InChI=1S/C10H10ClF2N3/c11-9-14-7-3-1-2-6(7)8(15-9)16-4-10(12,13)5-16/h1-5H2. The van der Waals surface area contributed by atoms with E-state index in [-0.39, 0.29) is 18.4 Å². The lowest BCUT2D eigenvalue weighted by Crippen LogP contribution is -2.57. The lowest BCUT2D eigenvalue weighted by Gasteiger charge is -2.40. The fraction of sp³-hybridized carbons (Fsp3) is 0.600. The van der Waals surface area contributed by atoms with Gasteiger partial charge in [-0.3, -0.25) is 0 Å². The number of aromatic nitrogens is 2. The van der Waals surface area contributed by atoms with E-state index < -0.39 is 5.92 Å². The predicted molar refractivity (Wildman–Crippen MR) is 56.2 cm³/mol. The summed E-state index contributed by atoms with van der Waals surface area (Å²) in [5.41, 5.74) is 1.92. The molecule has 0 N–H and O–H groups in total. The van der Waals surface area contributed by atoms with Crippen LogP contribution in [0.15, 0.2) is 0 Å². The first kappa shape index (κ1) is 10.2. The van der Waals surface area contributed by atoms with Crippen molar-refractivity contribution >= 4 is 17.4 Å². The quantitative estimate of drug-likeness (QED) is 0.710. The molecule has 0 atom stereocenters. The molecule has 0 bridgehead atoms. The first-order chi connectivity index (χ1) is 7.55. The minimum Gasteiger partial charge on any atom is -0.344 e. The number of aryl methyl sites for hydroxylation is 1. The minimum absolute atomic E-state index is 0.158. The van der Waals surface area contributed by atoms with E-state index in [4.69, 9.17) is 11.6 Å². The third kappa shape index (κ3) is 1.54. The highest BCUT2D eigenvalue weighted by atomic mass is 35.5. The second-order valence-electron chi connectivity index (χ2n) is 4.31. The minimum atomic E-state index is -2.58. The zero-order chi connectivity index (χ0) is 11.3. The van der Waals surface area contributed by atoms with Crippen molar-refractivity contribution in [3.05, 3.63) is 16.5 Å². The van der Waals surface area contributed by atoms with Crippen molar-refractivity contribution in [1.29, 1.82) is 0 Å². The largest absolute Gasteiger partial charge is 0.344 e. The molecule has 1 aromatic heterocycles. The second-order valence-corrected chi connectivity index (χ2v) is 4.65. The molecular formula is C10H10ClF2N3. The van der Waals surface area contributed by atoms with Gasteiger partial charge in [0.2, 0.25) is 5.28 Å². The van der Waals surface area contributed by atoms with E-state index in [2.05, 4.69) is 9.97 Å². The zero-order valence-electron chi connectivity index (χ0n) is 8.51. The molecule has 1 saturated heterocycles. The summed E-state index contributed by atoms with van der Waals surface area (Å²) in [4.78, 5) is 9.79. The van der Waals surface area contributed by atoms with Gasteiger partial charge in [0.15, 0.2) is 0 Å². The van der Waals surface area contributed by atoms with E-state index in [9.17, 15) is 8.78 Å². The van der Waals surface area contributed by atoms with Crippen LogP contribution in [-0.4, -0.2) is 29.0 Å². The van der Waals surface area contributed by atoms with Crippen molar-refractivity contribution < 1.29 is 8.78 Å². The van der Waals surface area contributed by atoms with Gasteiger partial charge >= 0.3 is 0 Å². The maximum atomic E-state index is 12.8. The molecule has 1 fully saturated rings. The van der Waals surface area contributed by atoms with Gasteiger partial charge < -0.3 is 4.90 Å². The summed E-state index contributed by atoms with van der Waals surface area (Å²) in [5.74, 6) is -1.97. The molecular weight excluding hydrogens is 236 g/mol. The monoisotopic (exact) mass is 245 g/mol. The van der Waals surface area contributed by atoms with Gasteiger partial charge in [-0.05, 0) is 30.9 Å². The smallest absolute Gasteiger partial charge is 0.282 e. The Morgan fingerprint density at radius 1 is 1.19 bits per heavy atom. The first-order valence-electron chi connectivity index (χ1n) is 5.23. The molecule has 86 valence electrons. The average Bonchev–Trinajstić information content (AvgIpc) is 2.60. The number of nitrogens with zero attached hydrogens (tertiary/aromatic N) is 3. The molecule has 0 amide bonds. The highest BCUT2D eigenvalue weighted by molar-refractivity contribution is 6.28. The van der Waals surface area contributed by atoms with Crippen LogP contribution in [0.5, 0.6) is 0 Å². The maximum absolute atomic E-state index is 12.8. The van der Waals surface area contributed by atoms with Crippen LogP contribution in [0.4, 0.5) is 14.6 Å². The number of alkyl halides is 2. The normalized spacial score (nSPS) is 21.8. The highest BCUT2D eigenvalue weighted by Gasteiger charge is 2.45. The maximum Gasteiger partial charge on any atom is 0.282 e. The van der Waals surface area contributed by atoms with Gasteiger partial charge in [0, 0.05) is 5.56 Å². The molecule has 16 heavy (non-hydrogen) atoms. The van der Waals surface area contributed by atoms with E-state index in [1.165, 1.54) is 0 Å². The number of hydrogen-bond acceptors (Lipinski definition) is 3. The van der Waals surface area contributed by atoms with Crippen LogP contribution in [0.3, 0.4) is 0 Å². The Hall–Kier alpha value is -0.970. The summed E-state index contributed by atoms with van der Waals surface area (Å²) in [6, 6.07) is 0. The van der Waals surface area contributed by atoms with Crippen molar-refractivity contribution in [3.63, 3.8) is 0 Å². The number of hydrogen-bond donors (Lipinski definition) is 0. The van der Waals surface area contributed by atoms with Crippen LogP contribution in [0.2, 0.25) is 5.28 Å². The van der Waals surface area contributed by atoms with Gasteiger partial charge in [-0.2, -0.15) is 0 Å². The Balaban J connectivity index is 1.96. The van der Waals surface area contributed by atoms with Crippen LogP contribution < -0.4 is 4.90 Å². The van der Waals surface area contributed by atoms with Crippen molar-refractivity contribution in [2.75, 3.05) is 18.0 Å². The van der Waals surface area contributed by atoms with E-state index in [0.717, 1.165) is 30.5 Å². The van der Waals surface area contributed by atoms with Gasteiger partial charge in [-0.1, -0.05) is 0 Å². The van der Waals surface area contributed by atoms with Gasteiger partial charge in [0.25, 0.3) is 5.92 Å². The van der Waals surface area contributed by atoms with Crippen molar-refractivity contribution in [2.45, 2.75) is 25.2 Å². The number of rotatable bonds is 1. The Morgan fingerprint density at radius 3 is 2.62 bits per heavy atom. The molecule has 0 unspecified atom stereocenters. The molecule has 0 aromatic carbocycles. The average molecular weight is 246 g/mol. The molecule has 2 heterocycles. The number of anilines is 1. The summed E-state index contributed by atoms with van der Waals surface area (Å²) in [6.45, 7) is -0.514. The summed E-state index contributed by atoms with van der Waals surface area (Å²) >= 11 is 5.79. The van der Waals surface area contributed by atoms with Crippen LogP contribution in [0.1, 0.15) is 17.7 Å². The van der Waals surface area contributed by atoms with Crippen LogP contribution >= 0.6 is 11.6 Å². The highest BCUT2D eigenvalue weighted by Crippen LogP contribution is 2.36. The van der Waals surface area contributed by atoms with Crippen LogP contribution in [0.25, 0.3) is 0 Å². The third-order valence-electron chi connectivity index (χ3n) is 3.03. The Morgan fingerprint density at radius 2 is 1.94 bits per heavy atom. The molecule has 1 aliphatic carbocycles. The molecule has 3 rings (SSSR count). The van der Waals surface area contributed by atoms with Gasteiger partial charge in [0.1, 0.15) is 5.82 Å².